The van der Waals surface area contributed by atoms with Crippen LogP contribution in [0.25, 0.3) is 0 Å². The van der Waals surface area contributed by atoms with Crippen LogP contribution in [0.2, 0.25) is 0 Å². The number of carbonyl (C=O) groups is 1. The molecule has 0 spiro atoms. The molecular formula is C13H11F3N2O3. The second kappa shape index (κ2) is 5.47. The number of carboxylic acid groups (broad SMARTS) is 1. The number of nitrogens with zero attached hydrogens (tertiary/aromatic N) is 2. The number of aromatic carboxylic acids is 1. The van der Waals surface area contributed by atoms with Crippen LogP contribution in [-0.2, 0) is 12.7 Å². The van der Waals surface area contributed by atoms with Gasteiger partial charge in [-0.3, -0.25) is 4.68 Å². The molecule has 2 rings (SSSR count). The molecule has 0 fully saturated rings. The molecule has 21 heavy (non-hydrogen) atoms. The van der Waals surface area contributed by atoms with E-state index < -0.39 is 23.3 Å². The number of alkyl halides is 3. The van der Waals surface area contributed by atoms with Gasteiger partial charge < -0.3 is 9.84 Å². The molecule has 5 nitrogen and oxygen atoms in total. The monoisotopic (exact) mass is 300 g/mol. The van der Waals surface area contributed by atoms with Crippen molar-refractivity contribution in [1.82, 2.24) is 9.78 Å². The number of ether oxygens (including phenoxy) is 1. The summed E-state index contributed by atoms with van der Waals surface area (Å²) in [6.07, 6.45) is -1.74. The zero-order valence-corrected chi connectivity index (χ0v) is 10.9. The topological polar surface area (TPSA) is 64.3 Å². The molecule has 0 radical (unpaired) electrons. The van der Waals surface area contributed by atoms with Crippen LogP contribution in [0.3, 0.4) is 0 Å². The molecule has 1 N–H and O–H groups in total. The molecule has 1 aromatic heterocycles. The van der Waals surface area contributed by atoms with Gasteiger partial charge in [-0.15, -0.1) is 0 Å². The van der Waals surface area contributed by atoms with Gasteiger partial charge in [-0.1, -0.05) is 0 Å². The number of hydrogen-bond acceptors (Lipinski definition) is 3. The smallest absolute Gasteiger partial charge is 0.416 e. The standard InChI is InChI=1S/C13H11F3N2O3/c1-2-18-7-9(6-17-18)21-11-4-3-8(13(14,15)16)5-10(11)12(19)20/h3-7H,2H2,1H3,(H,19,20). The maximum absolute atomic E-state index is 12.6. The van der Waals surface area contributed by atoms with Crippen LogP contribution in [0.15, 0.2) is 30.6 Å². The highest BCUT2D eigenvalue weighted by atomic mass is 19.4. The molecule has 1 heterocycles. The van der Waals surface area contributed by atoms with Gasteiger partial charge in [-0.05, 0) is 25.1 Å². The van der Waals surface area contributed by atoms with E-state index in [1.165, 1.54) is 12.4 Å². The van der Waals surface area contributed by atoms with Crippen molar-refractivity contribution in [2.75, 3.05) is 0 Å². The van der Waals surface area contributed by atoms with Crippen molar-refractivity contribution in [3.05, 3.63) is 41.7 Å². The third-order valence-electron chi connectivity index (χ3n) is 2.70. The number of halogens is 3. The van der Waals surface area contributed by atoms with Crippen LogP contribution in [0.4, 0.5) is 13.2 Å². The molecule has 2 aromatic rings. The first-order valence-corrected chi connectivity index (χ1v) is 5.96. The maximum atomic E-state index is 12.6. The van der Waals surface area contributed by atoms with Crippen LogP contribution < -0.4 is 4.74 Å². The summed E-state index contributed by atoms with van der Waals surface area (Å²) < 4.78 is 44.6. The highest BCUT2D eigenvalue weighted by molar-refractivity contribution is 5.91. The van der Waals surface area contributed by atoms with E-state index in [0.717, 1.165) is 12.1 Å². The summed E-state index contributed by atoms with van der Waals surface area (Å²) in [4.78, 5) is 11.1. The lowest BCUT2D eigenvalue weighted by Crippen LogP contribution is -2.08. The minimum absolute atomic E-state index is 0.175. The molecule has 0 unspecified atom stereocenters. The summed E-state index contributed by atoms with van der Waals surface area (Å²) in [7, 11) is 0. The Hall–Kier alpha value is -2.51. The zero-order chi connectivity index (χ0) is 15.6. The highest BCUT2D eigenvalue weighted by Crippen LogP contribution is 2.34. The first-order valence-electron chi connectivity index (χ1n) is 5.96. The number of aromatic nitrogens is 2. The SMILES string of the molecule is CCn1cc(Oc2ccc(C(F)(F)F)cc2C(=O)O)cn1. The summed E-state index contributed by atoms with van der Waals surface area (Å²) in [6, 6.07) is 2.30. The molecule has 0 aliphatic rings. The second-order valence-electron chi connectivity index (χ2n) is 4.15. The quantitative estimate of drug-likeness (QED) is 0.939. The van der Waals surface area contributed by atoms with E-state index in [1.54, 1.807) is 4.68 Å². The minimum Gasteiger partial charge on any atom is -0.478 e. The molecule has 112 valence electrons. The van der Waals surface area contributed by atoms with Gasteiger partial charge in [0.15, 0.2) is 5.75 Å². The molecule has 8 heteroatoms. The van der Waals surface area contributed by atoms with E-state index in [0.29, 0.717) is 12.6 Å². The van der Waals surface area contributed by atoms with Gasteiger partial charge in [0.05, 0.1) is 18.0 Å². The van der Waals surface area contributed by atoms with Crippen molar-refractivity contribution in [2.45, 2.75) is 19.6 Å². The van der Waals surface area contributed by atoms with Crippen LogP contribution in [0, 0.1) is 0 Å². The Labute approximate surface area is 117 Å². The second-order valence-corrected chi connectivity index (χ2v) is 4.15. The third kappa shape index (κ3) is 3.33. The normalized spacial score (nSPS) is 11.4. The van der Waals surface area contributed by atoms with E-state index in [2.05, 4.69) is 5.10 Å². The maximum Gasteiger partial charge on any atom is 0.416 e. The number of rotatable bonds is 4. The van der Waals surface area contributed by atoms with Crippen LogP contribution >= 0.6 is 0 Å². The van der Waals surface area contributed by atoms with Crippen LogP contribution in [0.1, 0.15) is 22.8 Å². The Bertz CT molecular complexity index is 665. The van der Waals surface area contributed by atoms with Gasteiger partial charge in [-0.2, -0.15) is 18.3 Å². The first kappa shape index (κ1) is 14.9. The Balaban J connectivity index is 2.36. The van der Waals surface area contributed by atoms with Crippen molar-refractivity contribution in [3.63, 3.8) is 0 Å². The lowest BCUT2D eigenvalue weighted by molar-refractivity contribution is -0.137. The average Bonchev–Trinajstić information content (AvgIpc) is 2.85. The molecule has 0 atom stereocenters. The number of benzene rings is 1. The number of aryl methyl sites for hydroxylation is 1. The minimum atomic E-state index is -4.62. The third-order valence-corrected chi connectivity index (χ3v) is 2.70. The van der Waals surface area contributed by atoms with Crippen molar-refractivity contribution in [3.8, 4) is 11.5 Å². The van der Waals surface area contributed by atoms with E-state index in [4.69, 9.17) is 9.84 Å². The predicted molar refractivity (Wildman–Crippen MR) is 66.4 cm³/mol. The Morgan fingerprint density at radius 2 is 2.14 bits per heavy atom. The van der Waals surface area contributed by atoms with E-state index in [9.17, 15) is 18.0 Å². The average molecular weight is 300 g/mol. The summed E-state index contributed by atoms with van der Waals surface area (Å²) in [5, 5.41) is 12.9. The predicted octanol–water partition coefficient (Wildman–Crippen LogP) is 3.41. The molecule has 1 aromatic carbocycles. The fourth-order valence-electron chi connectivity index (χ4n) is 1.66. The van der Waals surface area contributed by atoms with Gasteiger partial charge in [0, 0.05) is 6.54 Å². The summed E-state index contributed by atoms with van der Waals surface area (Å²) in [5.41, 5.74) is -1.61. The van der Waals surface area contributed by atoms with Crippen molar-refractivity contribution in [2.24, 2.45) is 0 Å². The van der Waals surface area contributed by atoms with Crippen LogP contribution in [0.5, 0.6) is 11.5 Å². The molecule has 0 aliphatic carbocycles. The van der Waals surface area contributed by atoms with Crippen LogP contribution in [-0.4, -0.2) is 20.9 Å². The highest BCUT2D eigenvalue weighted by Gasteiger charge is 2.32. The van der Waals surface area contributed by atoms with Gasteiger partial charge >= 0.3 is 12.1 Å². The lowest BCUT2D eigenvalue weighted by Gasteiger charge is -2.11. The number of hydrogen-bond donors (Lipinski definition) is 1. The van der Waals surface area contributed by atoms with Crippen molar-refractivity contribution < 1.29 is 27.8 Å². The van der Waals surface area contributed by atoms with Crippen molar-refractivity contribution in [1.29, 1.82) is 0 Å². The van der Waals surface area contributed by atoms with Gasteiger partial charge in [0.2, 0.25) is 0 Å². The molecule has 0 bridgehead atoms. The fourth-order valence-corrected chi connectivity index (χ4v) is 1.66. The summed E-state index contributed by atoms with van der Waals surface area (Å²) in [5.74, 6) is -1.43. The number of carboxylic acids is 1. The largest absolute Gasteiger partial charge is 0.478 e. The summed E-state index contributed by atoms with van der Waals surface area (Å²) in [6.45, 7) is 2.43. The Kier molecular flexibility index (Phi) is 3.88. The molecule has 0 saturated carbocycles. The van der Waals surface area contributed by atoms with E-state index in [1.807, 2.05) is 6.92 Å². The van der Waals surface area contributed by atoms with Gasteiger partial charge in [0.1, 0.15) is 11.3 Å². The Morgan fingerprint density at radius 3 is 2.67 bits per heavy atom. The first-order chi connectivity index (χ1) is 9.81. The molecule has 0 aliphatic heterocycles. The Morgan fingerprint density at radius 1 is 1.43 bits per heavy atom. The summed E-state index contributed by atoms with van der Waals surface area (Å²) >= 11 is 0. The fraction of sp³-hybridized carbons (Fsp3) is 0.231. The molecule has 0 saturated heterocycles. The molecule has 0 amide bonds. The van der Waals surface area contributed by atoms with E-state index >= 15 is 0 Å². The molecular weight excluding hydrogens is 289 g/mol. The van der Waals surface area contributed by atoms with Gasteiger partial charge in [-0.25, -0.2) is 4.79 Å². The van der Waals surface area contributed by atoms with Gasteiger partial charge in [0.25, 0.3) is 0 Å². The van der Waals surface area contributed by atoms with Crippen molar-refractivity contribution >= 4 is 5.97 Å². The van der Waals surface area contributed by atoms with E-state index in [-0.39, 0.29) is 11.5 Å². The zero-order valence-electron chi connectivity index (χ0n) is 10.9. The lowest BCUT2D eigenvalue weighted by atomic mass is 10.1.